The van der Waals surface area contributed by atoms with E-state index in [0.29, 0.717) is 18.0 Å². The number of aliphatic hydroxyl groups is 1. The van der Waals surface area contributed by atoms with E-state index in [1.165, 1.54) is 0 Å². The van der Waals surface area contributed by atoms with Crippen LogP contribution in [0.15, 0.2) is 0 Å². The molecule has 2 rings (SSSR count). The Hall–Kier alpha value is -0.590. The Labute approximate surface area is 92.3 Å². The van der Waals surface area contributed by atoms with E-state index in [1.54, 1.807) is 4.90 Å². The lowest BCUT2D eigenvalue weighted by molar-refractivity contribution is -0.0461. The van der Waals surface area contributed by atoms with Crippen LogP contribution >= 0.6 is 11.8 Å². The summed E-state index contributed by atoms with van der Waals surface area (Å²) in [7, 11) is 0. The monoisotopic (exact) mass is 230 g/mol. The highest BCUT2D eigenvalue weighted by atomic mass is 32.2. The molecule has 84 valence electrons. The van der Waals surface area contributed by atoms with Gasteiger partial charge in [0.1, 0.15) is 6.23 Å². The molecule has 0 aliphatic carbocycles. The second-order valence-electron chi connectivity index (χ2n) is 3.71. The molecule has 2 fully saturated rings. The number of hydrogen-bond acceptors (Lipinski definition) is 5. The van der Waals surface area contributed by atoms with Gasteiger partial charge in [-0.05, 0) is 24.6 Å². The van der Waals surface area contributed by atoms with Gasteiger partial charge in [0.15, 0.2) is 0 Å². The topological polar surface area (TPSA) is 73.6 Å². The van der Waals surface area contributed by atoms with Gasteiger partial charge in [0, 0.05) is 13.0 Å². The Morgan fingerprint density at radius 1 is 1.60 bits per heavy atom. The molecule has 0 saturated carbocycles. The van der Waals surface area contributed by atoms with Crippen LogP contribution in [0.2, 0.25) is 0 Å². The lowest BCUT2D eigenvalue weighted by Gasteiger charge is -2.31. The van der Waals surface area contributed by atoms with Gasteiger partial charge < -0.3 is 14.7 Å². The zero-order valence-electron chi connectivity index (χ0n) is 8.31. The predicted molar refractivity (Wildman–Crippen MR) is 57.0 cm³/mol. The number of nitrogens with one attached hydrogen (secondary N) is 1. The molecule has 2 N–H and O–H groups in total. The van der Waals surface area contributed by atoms with Gasteiger partial charge in [0.05, 0.1) is 17.8 Å². The van der Waals surface area contributed by atoms with Crippen molar-refractivity contribution in [1.29, 1.82) is 5.41 Å². The number of thioether (sulfide) groups is 1. The first-order chi connectivity index (χ1) is 7.20. The first kappa shape index (κ1) is 10.9. The number of aliphatic hydroxyl groups excluding tert-OH is 1. The van der Waals surface area contributed by atoms with Crippen LogP contribution in [0, 0.1) is 5.41 Å². The Morgan fingerprint density at radius 3 is 3.00 bits per heavy atom. The van der Waals surface area contributed by atoms with E-state index in [2.05, 4.69) is 0 Å². The number of amides is 1. The summed E-state index contributed by atoms with van der Waals surface area (Å²) in [5.41, 5.74) is 0. The maximum absolute atomic E-state index is 11.6. The zero-order valence-corrected chi connectivity index (χ0v) is 9.13. The quantitative estimate of drug-likeness (QED) is 0.742. The summed E-state index contributed by atoms with van der Waals surface area (Å²) in [5.74, 6) is 0. The first-order valence-electron chi connectivity index (χ1n) is 5.03. The van der Waals surface area contributed by atoms with E-state index >= 15 is 0 Å². The molecule has 2 aliphatic heterocycles. The Morgan fingerprint density at radius 2 is 2.40 bits per heavy atom. The molecular weight excluding hydrogens is 216 g/mol. The number of carbonyl (C=O) groups is 1. The molecular formula is C9H14N2O3S. The molecule has 0 spiro atoms. The highest BCUT2D eigenvalue weighted by molar-refractivity contribution is 8.26. The number of rotatable bonds is 2. The minimum Gasteiger partial charge on any atom is -0.394 e. The number of hydrogen-bond donors (Lipinski definition) is 2. The van der Waals surface area contributed by atoms with Crippen LogP contribution in [-0.4, -0.2) is 45.8 Å². The smallest absolute Gasteiger partial charge is 0.289 e. The van der Waals surface area contributed by atoms with Crippen LogP contribution < -0.4 is 0 Å². The van der Waals surface area contributed by atoms with E-state index in [1.807, 2.05) is 0 Å². The van der Waals surface area contributed by atoms with Gasteiger partial charge in [-0.15, -0.1) is 0 Å². The Balaban J connectivity index is 1.94. The lowest BCUT2D eigenvalue weighted by atomic mass is 10.2. The van der Waals surface area contributed by atoms with Gasteiger partial charge in [-0.25, -0.2) is 0 Å². The molecule has 1 amide bonds. The van der Waals surface area contributed by atoms with Crippen LogP contribution in [0.25, 0.3) is 0 Å². The fraction of sp³-hybridized carbons (Fsp3) is 0.778. The van der Waals surface area contributed by atoms with Gasteiger partial charge in [0.2, 0.25) is 0 Å². The predicted octanol–water partition coefficient (Wildman–Crippen LogP) is 1.02. The van der Waals surface area contributed by atoms with Crippen molar-refractivity contribution in [3.63, 3.8) is 0 Å². The van der Waals surface area contributed by atoms with E-state index < -0.39 is 0 Å². The fourth-order valence-electron chi connectivity index (χ4n) is 1.84. The summed E-state index contributed by atoms with van der Waals surface area (Å²) in [6.07, 6.45) is 1.86. The van der Waals surface area contributed by atoms with Crippen molar-refractivity contribution in [2.24, 2.45) is 0 Å². The van der Waals surface area contributed by atoms with Crippen LogP contribution in [0.3, 0.4) is 0 Å². The molecule has 15 heavy (non-hydrogen) atoms. The highest BCUT2D eigenvalue weighted by Gasteiger charge is 2.34. The van der Waals surface area contributed by atoms with E-state index in [0.717, 1.165) is 24.6 Å². The lowest BCUT2D eigenvalue weighted by Crippen LogP contribution is -2.42. The minimum atomic E-state index is -0.199. The van der Waals surface area contributed by atoms with Crippen LogP contribution in [0.1, 0.15) is 19.3 Å². The third-order valence-corrected chi connectivity index (χ3v) is 3.52. The molecule has 0 unspecified atom stereocenters. The van der Waals surface area contributed by atoms with Gasteiger partial charge in [-0.2, -0.15) is 0 Å². The number of nitrogens with zero attached hydrogens (tertiary/aromatic N) is 1. The highest BCUT2D eigenvalue weighted by Crippen LogP contribution is 2.28. The van der Waals surface area contributed by atoms with Crippen molar-refractivity contribution in [2.45, 2.75) is 31.6 Å². The van der Waals surface area contributed by atoms with Gasteiger partial charge in [0.25, 0.3) is 5.24 Å². The fourth-order valence-corrected chi connectivity index (χ4v) is 2.57. The maximum Gasteiger partial charge on any atom is 0.289 e. The van der Waals surface area contributed by atoms with Crippen molar-refractivity contribution >= 4 is 22.0 Å². The van der Waals surface area contributed by atoms with Crippen LogP contribution in [0.4, 0.5) is 4.79 Å². The van der Waals surface area contributed by atoms with Crippen molar-refractivity contribution in [1.82, 2.24) is 4.90 Å². The molecule has 6 heteroatoms. The summed E-state index contributed by atoms with van der Waals surface area (Å²) >= 11 is 0.973. The van der Waals surface area contributed by atoms with E-state index in [4.69, 9.17) is 15.3 Å². The standard InChI is InChI=1S/C9H14N2O3S/c10-7-3-4-11(9(13)15-7)8-2-1-6(5-12)14-8/h6,8,10,12H,1-5H2/t6-,8+/m0/s1. The zero-order chi connectivity index (χ0) is 10.8. The van der Waals surface area contributed by atoms with Gasteiger partial charge >= 0.3 is 0 Å². The second-order valence-corrected chi connectivity index (χ2v) is 4.75. The SMILES string of the molecule is N=C1CCN([C@H]2CC[C@@H](CO)O2)C(=O)S1. The number of ether oxygens (including phenoxy) is 1. The summed E-state index contributed by atoms with van der Waals surface area (Å²) < 4.78 is 5.53. The molecule has 0 radical (unpaired) electrons. The maximum atomic E-state index is 11.6. The molecule has 2 aliphatic rings. The summed E-state index contributed by atoms with van der Waals surface area (Å²) in [6, 6.07) is 0. The summed E-state index contributed by atoms with van der Waals surface area (Å²) in [4.78, 5) is 13.3. The van der Waals surface area contributed by atoms with Crippen LogP contribution in [0.5, 0.6) is 0 Å². The molecule has 0 bridgehead atoms. The molecule has 5 nitrogen and oxygen atoms in total. The average Bonchev–Trinajstić information content (AvgIpc) is 2.66. The summed E-state index contributed by atoms with van der Waals surface area (Å²) in [5, 5.41) is 16.6. The molecule has 2 saturated heterocycles. The van der Waals surface area contributed by atoms with Gasteiger partial charge in [-0.3, -0.25) is 10.2 Å². The summed E-state index contributed by atoms with van der Waals surface area (Å²) in [6.45, 7) is 0.578. The van der Waals surface area contributed by atoms with E-state index in [-0.39, 0.29) is 24.2 Å². The third kappa shape index (κ3) is 2.32. The van der Waals surface area contributed by atoms with E-state index in [9.17, 15) is 4.79 Å². The molecule has 2 atom stereocenters. The molecule has 0 aromatic carbocycles. The normalized spacial score (nSPS) is 32.5. The molecule has 0 aromatic rings. The first-order valence-corrected chi connectivity index (χ1v) is 5.84. The molecule has 0 aromatic heterocycles. The van der Waals surface area contributed by atoms with Gasteiger partial charge in [-0.1, -0.05) is 0 Å². The second kappa shape index (κ2) is 4.51. The number of carbonyl (C=O) groups excluding carboxylic acids is 1. The van der Waals surface area contributed by atoms with Crippen molar-refractivity contribution in [3.05, 3.63) is 0 Å². The Kier molecular flexibility index (Phi) is 3.28. The van der Waals surface area contributed by atoms with Crippen molar-refractivity contribution in [3.8, 4) is 0 Å². The average molecular weight is 230 g/mol. The Bertz CT molecular complexity index is 285. The largest absolute Gasteiger partial charge is 0.394 e. The third-order valence-electron chi connectivity index (χ3n) is 2.66. The molecule has 2 heterocycles. The van der Waals surface area contributed by atoms with Crippen LogP contribution in [-0.2, 0) is 4.74 Å². The van der Waals surface area contributed by atoms with Crippen molar-refractivity contribution < 1.29 is 14.6 Å². The van der Waals surface area contributed by atoms with Crippen molar-refractivity contribution in [2.75, 3.05) is 13.2 Å². The minimum absolute atomic E-state index is 0.0154.